The zero-order valence-corrected chi connectivity index (χ0v) is 12.1. The standard InChI is InChI=1S/C15H17NO5/c1-15(2,3)21-14(18)16-12-9-19-13(20-12)11-7-5-4-6-10(11)8-17/h4-9,13H,1-3H3,(H,16,18). The summed E-state index contributed by atoms with van der Waals surface area (Å²) < 4.78 is 15.9. The molecule has 1 amide bonds. The van der Waals surface area contributed by atoms with Crippen molar-refractivity contribution < 1.29 is 23.8 Å². The smallest absolute Gasteiger partial charge is 0.414 e. The van der Waals surface area contributed by atoms with Gasteiger partial charge in [-0.05, 0) is 20.8 Å². The Morgan fingerprint density at radius 1 is 1.33 bits per heavy atom. The third-order valence-electron chi connectivity index (χ3n) is 2.53. The van der Waals surface area contributed by atoms with E-state index >= 15 is 0 Å². The predicted molar refractivity (Wildman–Crippen MR) is 74.2 cm³/mol. The van der Waals surface area contributed by atoms with Crippen molar-refractivity contribution in [2.45, 2.75) is 32.7 Å². The molecule has 0 radical (unpaired) electrons. The first kappa shape index (κ1) is 14.9. The third kappa shape index (κ3) is 3.98. The number of amides is 1. The van der Waals surface area contributed by atoms with Gasteiger partial charge < -0.3 is 14.2 Å². The maximum atomic E-state index is 11.6. The van der Waals surface area contributed by atoms with Crippen molar-refractivity contribution in [1.82, 2.24) is 5.32 Å². The summed E-state index contributed by atoms with van der Waals surface area (Å²) in [5.74, 6) is 0.134. The summed E-state index contributed by atoms with van der Waals surface area (Å²) in [6.07, 6.45) is 0.593. The Bertz CT molecular complexity index is 574. The molecule has 1 atom stereocenters. The molecule has 6 nitrogen and oxygen atoms in total. The maximum Gasteiger partial charge on any atom is 0.414 e. The molecule has 1 unspecified atom stereocenters. The average Bonchev–Trinajstić information content (AvgIpc) is 2.84. The van der Waals surface area contributed by atoms with Crippen molar-refractivity contribution in [1.29, 1.82) is 0 Å². The molecule has 0 bridgehead atoms. The van der Waals surface area contributed by atoms with Crippen LogP contribution >= 0.6 is 0 Å². The van der Waals surface area contributed by atoms with Gasteiger partial charge >= 0.3 is 6.09 Å². The first-order chi connectivity index (χ1) is 9.89. The van der Waals surface area contributed by atoms with Crippen LogP contribution in [-0.4, -0.2) is 18.0 Å². The SMILES string of the molecule is CC(C)(C)OC(=O)NC1=COC(c2ccccc2C=O)O1. The number of carbonyl (C=O) groups excluding carboxylic acids is 2. The monoisotopic (exact) mass is 291 g/mol. The number of nitrogens with one attached hydrogen (secondary N) is 1. The lowest BCUT2D eigenvalue weighted by molar-refractivity contribution is -0.0388. The van der Waals surface area contributed by atoms with Gasteiger partial charge in [0.1, 0.15) is 11.9 Å². The lowest BCUT2D eigenvalue weighted by Crippen LogP contribution is -2.32. The average molecular weight is 291 g/mol. The van der Waals surface area contributed by atoms with E-state index in [9.17, 15) is 9.59 Å². The van der Waals surface area contributed by atoms with E-state index < -0.39 is 18.0 Å². The number of benzene rings is 1. The van der Waals surface area contributed by atoms with Crippen LogP contribution in [0.15, 0.2) is 36.4 Å². The Morgan fingerprint density at radius 3 is 2.71 bits per heavy atom. The first-order valence-corrected chi connectivity index (χ1v) is 6.45. The van der Waals surface area contributed by atoms with E-state index in [1.807, 2.05) is 0 Å². The van der Waals surface area contributed by atoms with Crippen LogP contribution in [0.3, 0.4) is 0 Å². The molecule has 0 aromatic heterocycles. The van der Waals surface area contributed by atoms with E-state index in [0.717, 1.165) is 6.29 Å². The topological polar surface area (TPSA) is 73.9 Å². The van der Waals surface area contributed by atoms with Gasteiger partial charge in [0, 0.05) is 11.1 Å². The fourth-order valence-corrected chi connectivity index (χ4v) is 1.73. The van der Waals surface area contributed by atoms with Crippen LogP contribution in [0.1, 0.15) is 43.0 Å². The molecular weight excluding hydrogens is 274 g/mol. The van der Waals surface area contributed by atoms with Crippen LogP contribution in [0.25, 0.3) is 0 Å². The highest BCUT2D eigenvalue weighted by atomic mass is 16.7. The van der Waals surface area contributed by atoms with Crippen molar-refractivity contribution in [3.8, 4) is 0 Å². The molecule has 1 aliphatic rings. The maximum absolute atomic E-state index is 11.6. The van der Waals surface area contributed by atoms with E-state index in [0.29, 0.717) is 11.1 Å². The normalized spacial score (nSPS) is 17.3. The molecule has 0 spiro atoms. The predicted octanol–water partition coefficient (Wildman–Crippen LogP) is 2.87. The van der Waals surface area contributed by atoms with Gasteiger partial charge in [-0.1, -0.05) is 24.3 Å². The van der Waals surface area contributed by atoms with Crippen LogP contribution in [0.5, 0.6) is 0 Å². The fourth-order valence-electron chi connectivity index (χ4n) is 1.73. The molecular formula is C15H17NO5. The third-order valence-corrected chi connectivity index (χ3v) is 2.53. The first-order valence-electron chi connectivity index (χ1n) is 6.45. The van der Waals surface area contributed by atoms with E-state index in [2.05, 4.69) is 5.32 Å². The highest BCUT2D eigenvalue weighted by Crippen LogP contribution is 2.29. The zero-order valence-electron chi connectivity index (χ0n) is 12.1. The Labute approximate surface area is 122 Å². The van der Waals surface area contributed by atoms with Crippen molar-refractivity contribution in [3.05, 3.63) is 47.5 Å². The quantitative estimate of drug-likeness (QED) is 0.867. The van der Waals surface area contributed by atoms with Gasteiger partial charge in [-0.25, -0.2) is 4.79 Å². The number of aldehydes is 1. The van der Waals surface area contributed by atoms with E-state index in [1.54, 1.807) is 45.0 Å². The Hall–Kier alpha value is -2.50. The van der Waals surface area contributed by atoms with E-state index in [-0.39, 0.29) is 5.88 Å². The summed E-state index contributed by atoms with van der Waals surface area (Å²) in [5.41, 5.74) is 0.451. The molecule has 1 aromatic carbocycles. The van der Waals surface area contributed by atoms with Crippen LogP contribution in [0, 0.1) is 0 Å². The number of hydrogen-bond acceptors (Lipinski definition) is 5. The molecule has 6 heteroatoms. The minimum atomic E-state index is -0.767. The number of hydrogen-bond donors (Lipinski definition) is 1. The van der Waals surface area contributed by atoms with Gasteiger partial charge in [-0.2, -0.15) is 0 Å². The van der Waals surface area contributed by atoms with E-state index in [1.165, 1.54) is 6.26 Å². The fraction of sp³-hybridized carbons (Fsp3) is 0.333. The highest BCUT2D eigenvalue weighted by molar-refractivity contribution is 5.77. The summed E-state index contributed by atoms with van der Waals surface area (Å²) in [4.78, 5) is 22.6. The summed E-state index contributed by atoms with van der Waals surface area (Å²) in [6.45, 7) is 5.28. The van der Waals surface area contributed by atoms with Crippen molar-refractivity contribution in [2.24, 2.45) is 0 Å². The number of rotatable bonds is 3. The van der Waals surface area contributed by atoms with Crippen molar-refractivity contribution in [3.63, 3.8) is 0 Å². The molecule has 0 aliphatic carbocycles. The lowest BCUT2D eigenvalue weighted by Gasteiger charge is -2.20. The van der Waals surface area contributed by atoms with Crippen molar-refractivity contribution in [2.75, 3.05) is 0 Å². The van der Waals surface area contributed by atoms with Crippen LogP contribution in [0.4, 0.5) is 4.79 Å². The van der Waals surface area contributed by atoms with Gasteiger partial charge in [0.05, 0.1) is 0 Å². The minimum absolute atomic E-state index is 0.134. The lowest BCUT2D eigenvalue weighted by atomic mass is 10.1. The molecule has 112 valence electrons. The number of carbonyl (C=O) groups is 2. The number of ether oxygens (including phenoxy) is 3. The molecule has 1 aliphatic heterocycles. The summed E-state index contributed by atoms with van der Waals surface area (Å²) in [5, 5.41) is 2.44. The van der Waals surface area contributed by atoms with Crippen LogP contribution in [-0.2, 0) is 14.2 Å². The minimum Gasteiger partial charge on any atom is -0.453 e. The molecule has 0 saturated carbocycles. The summed E-state index contributed by atoms with van der Waals surface area (Å²) in [6, 6.07) is 6.90. The Balaban J connectivity index is 1.97. The molecule has 1 aromatic rings. The van der Waals surface area contributed by atoms with Crippen molar-refractivity contribution >= 4 is 12.4 Å². The Kier molecular flexibility index (Phi) is 4.16. The second-order valence-electron chi connectivity index (χ2n) is 5.44. The van der Waals surface area contributed by atoms with Gasteiger partial charge in [0.15, 0.2) is 6.29 Å². The summed E-state index contributed by atoms with van der Waals surface area (Å²) >= 11 is 0. The second kappa shape index (κ2) is 5.87. The van der Waals surface area contributed by atoms with Gasteiger partial charge in [-0.3, -0.25) is 10.1 Å². The van der Waals surface area contributed by atoms with E-state index in [4.69, 9.17) is 14.2 Å². The Morgan fingerprint density at radius 2 is 2.05 bits per heavy atom. The van der Waals surface area contributed by atoms with Gasteiger partial charge in [0.25, 0.3) is 6.29 Å². The molecule has 2 rings (SSSR count). The molecule has 1 N–H and O–H groups in total. The summed E-state index contributed by atoms with van der Waals surface area (Å²) in [7, 11) is 0. The molecule has 0 saturated heterocycles. The van der Waals surface area contributed by atoms with Crippen LogP contribution in [0.2, 0.25) is 0 Å². The second-order valence-corrected chi connectivity index (χ2v) is 5.44. The molecule has 1 heterocycles. The molecule has 21 heavy (non-hydrogen) atoms. The van der Waals surface area contributed by atoms with Gasteiger partial charge in [-0.15, -0.1) is 0 Å². The number of alkyl carbamates (subject to hydrolysis) is 1. The van der Waals surface area contributed by atoms with Gasteiger partial charge in [0.2, 0.25) is 5.88 Å². The zero-order chi connectivity index (χ0) is 15.5. The van der Waals surface area contributed by atoms with Crippen LogP contribution < -0.4 is 5.32 Å². The largest absolute Gasteiger partial charge is 0.453 e. The molecule has 0 fully saturated rings. The highest BCUT2D eigenvalue weighted by Gasteiger charge is 2.26.